The number of ether oxygens (including phenoxy) is 1. The van der Waals surface area contributed by atoms with Crippen LogP contribution in [0.2, 0.25) is 0 Å². The van der Waals surface area contributed by atoms with E-state index in [4.69, 9.17) is 4.74 Å². The van der Waals surface area contributed by atoms with Gasteiger partial charge in [-0.15, -0.1) is 0 Å². The number of para-hydroxylation sites is 1. The van der Waals surface area contributed by atoms with Gasteiger partial charge in [0.15, 0.2) is 0 Å². The van der Waals surface area contributed by atoms with E-state index >= 15 is 0 Å². The molecule has 0 bridgehead atoms. The smallest absolute Gasteiger partial charge is 0.125 e. The van der Waals surface area contributed by atoms with Gasteiger partial charge in [0.2, 0.25) is 0 Å². The molecule has 2 unspecified atom stereocenters. The molecule has 20 heavy (non-hydrogen) atoms. The standard InChI is InChI=1S/C16H22N2O2/c1-2-9-18-16(12-17)8-7-14(10-16)20-15-6-4-3-5-13(15)11-19/h3-6,14,18-19H,2,7-11H2,1H3. The van der Waals surface area contributed by atoms with Crippen molar-refractivity contribution >= 4 is 0 Å². The Labute approximate surface area is 120 Å². The van der Waals surface area contributed by atoms with Gasteiger partial charge in [-0.2, -0.15) is 5.26 Å². The predicted octanol–water partition coefficient (Wildman–Crippen LogP) is 2.37. The number of hydrogen-bond donors (Lipinski definition) is 2. The average molecular weight is 274 g/mol. The average Bonchev–Trinajstić information content (AvgIpc) is 2.89. The van der Waals surface area contributed by atoms with Gasteiger partial charge in [-0.25, -0.2) is 0 Å². The molecule has 2 atom stereocenters. The Morgan fingerprint density at radius 2 is 2.30 bits per heavy atom. The molecule has 108 valence electrons. The summed E-state index contributed by atoms with van der Waals surface area (Å²) in [6.07, 6.45) is 3.43. The first-order valence-electron chi connectivity index (χ1n) is 7.24. The number of aliphatic hydroxyl groups excluding tert-OH is 1. The summed E-state index contributed by atoms with van der Waals surface area (Å²) in [6.45, 7) is 2.92. The fraction of sp³-hybridized carbons (Fsp3) is 0.562. The number of rotatable bonds is 6. The van der Waals surface area contributed by atoms with E-state index in [2.05, 4.69) is 18.3 Å². The third-order valence-electron chi connectivity index (χ3n) is 3.83. The first-order valence-corrected chi connectivity index (χ1v) is 7.24. The van der Waals surface area contributed by atoms with Crippen LogP contribution in [-0.2, 0) is 6.61 Å². The third kappa shape index (κ3) is 3.30. The van der Waals surface area contributed by atoms with E-state index in [9.17, 15) is 10.4 Å². The molecule has 2 rings (SSSR count). The lowest BCUT2D eigenvalue weighted by Crippen LogP contribution is -2.42. The molecule has 1 aliphatic carbocycles. The Kier molecular flexibility index (Phi) is 4.99. The normalized spacial score (nSPS) is 25.4. The van der Waals surface area contributed by atoms with Crippen molar-refractivity contribution in [3.05, 3.63) is 29.8 Å². The minimum absolute atomic E-state index is 0.0274. The van der Waals surface area contributed by atoms with Gasteiger partial charge in [0.1, 0.15) is 17.4 Å². The molecule has 0 aromatic heterocycles. The Balaban J connectivity index is 2.01. The summed E-state index contributed by atoms with van der Waals surface area (Å²) >= 11 is 0. The van der Waals surface area contributed by atoms with Gasteiger partial charge in [-0.1, -0.05) is 25.1 Å². The predicted molar refractivity (Wildman–Crippen MR) is 77.3 cm³/mol. The Bertz CT molecular complexity index is 484. The van der Waals surface area contributed by atoms with Crippen molar-refractivity contribution in [2.45, 2.75) is 50.9 Å². The van der Waals surface area contributed by atoms with E-state index < -0.39 is 5.54 Å². The lowest BCUT2D eigenvalue weighted by molar-refractivity contribution is 0.192. The van der Waals surface area contributed by atoms with Gasteiger partial charge < -0.3 is 9.84 Å². The number of benzene rings is 1. The highest BCUT2D eigenvalue weighted by molar-refractivity contribution is 5.33. The number of nitrogens with one attached hydrogen (secondary N) is 1. The summed E-state index contributed by atoms with van der Waals surface area (Å²) in [4.78, 5) is 0. The van der Waals surface area contributed by atoms with E-state index in [1.54, 1.807) is 0 Å². The van der Waals surface area contributed by atoms with E-state index in [0.29, 0.717) is 6.42 Å². The number of nitrogens with zero attached hydrogens (tertiary/aromatic N) is 1. The van der Waals surface area contributed by atoms with Gasteiger partial charge in [-0.3, -0.25) is 5.32 Å². The largest absolute Gasteiger partial charge is 0.490 e. The zero-order chi connectivity index (χ0) is 14.4. The van der Waals surface area contributed by atoms with Crippen LogP contribution in [0, 0.1) is 11.3 Å². The molecule has 1 aromatic rings. The van der Waals surface area contributed by atoms with Crippen molar-refractivity contribution in [2.24, 2.45) is 0 Å². The molecular weight excluding hydrogens is 252 g/mol. The molecule has 1 fully saturated rings. The minimum Gasteiger partial charge on any atom is -0.490 e. The Morgan fingerprint density at radius 1 is 1.50 bits per heavy atom. The molecule has 1 saturated carbocycles. The molecular formula is C16H22N2O2. The third-order valence-corrected chi connectivity index (χ3v) is 3.83. The second kappa shape index (κ2) is 6.74. The summed E-state index contributed by atoms with van der Waals surface area (Å²) in [6, 6.07) is 9.93. The van der Waals surface area contributed by atoms with Gasteiger partial charge >= 0.3 is 0 Å². The summed E-state index contributed by atoms with van der Waals surface area (Å²) < 4.78 is 5.98. The number of nitriles is 1. The van der Waals surface area contributed by atoms with Crippen LogP contribution in [0.15, 0.2) is 24.3 Å². The van der Waals surface area contributed by atoms with E-state index in [0.717, 1.165) is 37.1 Å². The van der Waals surface area contributed by atoms with E-state index in [1.807, 2.05) is 24.3 Å². The van der Waals surface area contributed by atoms with Crippen molar-refractivity contribution in [1.29, 1.82) is 5.26 Å². The fourth-order valence-electron chi connectivity index (χ4n) is 2.70. The minimum atomic E-state index is -0.450. The first-order chi connectivity index (χ1) is 9.73. The SMILES string of the molecule is CCCNC1(C#N)CCC(Oc2ccccc2CO)C1. The maximum Gasteiger partial charge on any atom is 0.125 e. The van der Waals surface area contributed by atoms with E-state index in [-0.39, 0.29) is 12.7 Å². The monoisotopic (exact) mass is 274 g/mol. The van der Waals surface area contributed by atoms with Gasteiger partial charge in [0.05, 0.1) is 12.7 Å². The van der Waals surface area contributed by atoms with Crippen LogP contribution in [0.5, 0.6) is 5.75 Å². The van der Waals surface area contributed by atoms with Crippen LogP contribution in [0.4, 0.5) is 0 Å². The first kappa shape index (κ1) is 14.8. The molecule has 0 amide bonds. The van der Waals surface area contributed by atoms with Crippen molar-refractivity contribution in [1.82, 2.24) is 5.32 Å². The van der Waals surface area contributed by atoms with Gasteiger partial charge in [0, 0.05) is 12.0 Å². The van der Waals surface area contributed by atoms with Crippen LogP contribution in [0.25, 0.3) is 0 Å². The molecule has 4 nitrogen and oxygen atoms in total. The zero-order valence-corrected chi connectivity index (χ0v) is 11.9. The lowest BCUT2D eigenvalue weighted by Gasteiger charge is -2.23. The van der Waals surface area contributed by atoms with Crippen LogP contribution in [0.1, 0.15) is 38.2 Å². The molecule has 2 N–H and O–H groups in total. The molecule has 1 aromatic carbocycles. The Morgan fingerprint density at radius 3 is 3.00 bits per heavy atom. The summed E-state index contributed by atoms with van der Waals surface area (Å²) in [7, 11) is 0. The van der Waals surface area contributed by atoms with Crippen LogP contribution < -0.4 is 10.1 Å². The molecule has 0 saturated heterocycles. The summed E-state index contributed by atoms with van der Waals surface area (Å²) in [5, 5.41) is 22.1. The zero-order valence-electron chi connectivity index (χ0n) is 11.9. The number of aliphatic hydroxyl groups is 1. The van der Waals surface area contributed by atoms with E-state index in [1.165, 1.54) is 0 Å². The van der Waals surface area contributed by atoms with Gasteiger partial charge in [-0.05, 0) is 31.9 Å². The molecule has 1 aliphatic rings. The Hall–Kier alpha value is -1.57. The highest BCUT2D eigenvalue weighted by Crippen LogP contribution is 2.33. The maximum absolute atomic E-state index is 9.42. The number of hydrogen-bond acceptors (Lipinski definition) is 4. The van der Waals surface area contributed by atoms with Crippen molar-refractivity contribution in [3.63, 3.8) is 0 Å². The van der Waals surface area contributed by atoms with Crippen molar-refractivity contribution in [3.8, 4) is 11.8 Å². The quantitative estimate of drug-likeness (QED) is 0.836. The second-order valence-corrected chi connectivity index (χ2v) is 5.37. The summed E-state index contributed by atoms with van der Waals surface area (Å²) in [5.41, 5.74) is 0.345. The lowest BCUT2D eigenvalue weighted by atomic mass is 9.99. The second-order valence-electron chi connectivity index (χ2n) is 5.37. The van der Waals surface area contributed by atoms with Crippen LogP contribution in [0.3, 0.4) is 0 Å². The van der Waals surface area contributed by atoms with Crippen LogP contribution >= 0.6 is 0 Å². The topological polar surface area (TPSA) is 65.3 Å². The molecule has 0 heterocycles. The van der Waals surface area contributed by atoms with Gasteiger partial charge in [0.25, 0.3) is 0 Å². The summed E-state index contributed by atoms with van der Waals surface area (Å²) in [5.74, 6) is 0.726. The highest BCUT2D eigenvalue weighted by atomic mass is 16.5. The molecule has 0 spiro atoms. The highest BCUT2D eigenvalue weighted by Gasteiger charge is 2.40. The molecule has 0 aliphatic heterocycles. The maximum atomic E-state index is 9.42. The fourth-order valence-corrected chi connectivity index (χ4v) is 2.70. The molecule has 0 radical (unpaired) electrons. The van der Waals surface area contributed by atoms with Crippen molar-refractivity contribution in [2.75, 3.05) is 6.54 Å². The van der Waals surface area contributed by atoms with Crippen molar-refractivity contribution < 1.29 is 9.84 Å². The van der Waals surface area contributed by atoms with Crippen LogP contribution in [-0.4, -0.2) is 23.3 Å². The molecule has 4 heteroatoms.